The summed E-state index contributed by atoms with van der Waals surface area (Å²) >= 11 is 1.72. The molecule has 1 N–H and O–H groups in total. The van der Waals surface area contributed by atoms with Crippen molar-refractivity contribution in [2.45, 2.75) is 41.6 Å². The number of aryl methyl sites for hydroxylation is 1. The first-order valence-electron chi connectivity index (χ1n) is 10.3. The minimum Gasteiger partial charge on any atom is -0.343 e. The lowest BCUT2D eigenvalue weighted by Gasteiger charge is -2.19. The lowest BCUT2D eigenvalue weighted by atomic mass is 9.96. The van der Waals surface area contributed by atoms with Gasteiger partial charge in [-0.15, -0.1) is 0 Å². The Morgan fingerprint density at radius 3 is 2.65 bits per heavy atom. The zero-order chi connectivity index (χ0) is 21.3. The van der Waals surface area contributed by atoms with Gasteiger partial charge in [-0.1, -0.05) is 42.1 Å². The molecule has 1 atom stereocenters. The van der Waals surface area contributed by atoms with Gasteiger partial charge in [0.05, 0.1) is 12.8 Å². The zero-order valence-electron chi connectivity index (χ0n) is 17.2. The molecule has 5 rings (SSSR count). The van der Waals surface area contributed by atoms with Crippen LogP contribution < -0.4 is 5.56 Å². The molecule has 2 aromatic carbocycles. The van der Waals surface area contributed by atoms with Crippen LogP contribution in [0.2, 0.25) is 0 Å². The summed E-state index contributed by atoms with van der Waals surface area (Å²) in [5, 5.41) is 4.30. The van der Waals surface area contributed by atoms with Crippen LogP contribution in [-0.2, 0) is 16.2 Å². The van der Waals surface area contributed by atoms with E-state index in [0.717, 1.165) is 34.6 Å². The van der Waals surface area contributed by atoms with Crippen molar-refractivity contribution in [2.24, 2.45) is 0 Å². The smallest absolute Gasteiger partial charge is 0.274 e. The lowest BCUT2D eigenvalue weighted by molar-refractivity contribution is -0.305. The Morgan fingerprint density at radius 2 is 1.90 bits per heavy atom. The second kappa shape index (κ2) is 8.34. The van der Waals surface area contributed by atoms with Crippen molar-refractivity contribution in [1.29, 1.82) is 0 Å². The van der Waals surface area contributed by atoms with E-state index in [1.807, 2.05) is 25.1 Å². The molecule has 6 nitrogen and oxygen atoms in total. The Balaban J connectivity index is 1.40. The van der Waals surface area contributed by atoms with E-state index in [0.29, 0.717) is 18.7 Å². The number of aromatic amines is 1. The van der Waals surface area contributed by atoms with Gasteiger partial charge in [-0.2, -0.15) is 9.61 Å². The van der Waals surface area contributed by atoms with Crippen LogP contribution >= 0.6 is 11.8 Å². The molecule has 31 heavy (non-hydrogen) atoms. The molecule has 1 fully saturated rings. The topological polar surface area (TPSA) is 68.6 Å². The van der Waals surface area contributed by atoms with Gasteiger partial charge in [0.15, 0.2) is 0 Å². The molecule has 0 aliphatic carbocycles. The van der Waals surface area contributed by atoms with Crippen LogP contribution in [0.4, 0.5) is 0 Å². The maximum absolute atomic E-state index is 12.6. The zero-order valence-corrected chi connectivity index (χ0v) is 18.0. The summed E-state index contributed by atoms with van der Waals surface area (Å²) in [4.78, 5) is 28.8. The molecule has 0 spiro atoms. The number of fused-ring (bicyclic) bond motifs is 1. The van der Waals surface area contributed by atoms with E-state index in [9.17, 15) is 4.79 Å². The molecule has 2 aromatic heterocycles. The molecular weight excluding hydrogens is 410 g/mol. The fourth-order valence-corrected chi connectivity index (χ4v) is 4.59. The highest BCUT2D eigenvalue weighted by molar-refractivity contribution is 7.99. The lowest BCUT2D eigenvalue weighted by Crippen LogP contribution is -2.24. The van der Waals surface area contributed by atoms with E-state index in [2.05, 4.69) is 46.5 Å². The van der Waals surface area contributed by atoms with Crippen LogP contribution in [-0.4, -0.2) is 26.8 Å². The summed E-state index contributed by atoms with van der Waals surface area (Å²) in [6, 6.07) is 20.2. The largest absolute Gasteiger partial charge is 0.343 e. The monoisotopic (exact) mass is 433 g/mol. The van der Waals surface area contributed by atoms with E-state index in [-0.39, 0.29) is 11.2 Å². The standard InChI is InChI=1S/C24H23N3O3S/c1-24(13-14-29-30-24)12-11-18-15-22(28)27-23(26-18)21(16-25-27)17-7-9-20(10-8-17)31-19-5-3-2-4-6-19/h2-10,15-16,26H,11-14H2,1H3. The SMILES string of the molecule is CC1(CCc2cc(=O)n3ncc(-c4ccc(Sc5ccccc5)cc4)c3[nH]2)CCOO1. The van der Waals surface area contributed by atoms with E-state index in [1.54, 1.807) is 24.0 Å². The normalized spacial score (nSPS) is 18.6. The number of nitrogens with one attached hydrogen (secondary N) is 1. The van der Waals surface area contributed by atoms with Gasteiger partial charge in [0, 0.05) is 33.5 Å². The summed E-state index contributed by atoms with van der Waals surface area (Å²) in [6.45, 7) is 2.65. The summed E-state index contributed by atoms with van der Waals surface area (Å²) in [5.74, 6) is 0. The predicted octanol–water partition coefficient (Wildman–Crippen LogP) is 4.88. The third-order valence-electron chi connectivity index (χ3n) is 5.60. The average molecular weight is 434 g/mol. The molecule has 0 radical (unpaired) electrons. The van der Waals surface area contributed by atoms with Crippen molar-refractivity contribution in [3.8, 4) is 11.1 Å². The van der Waals surface area contributed by atoms with Crippen LogP contribution in [0, 0.1) is 0 Å². The van der Waals surface area contributed by atoms with Gasteiger partial charge in [0.2, 0.25) is 0 Å². The minimum absolute atomic E-state index is 0.139. The summed E-state index contributed by atoms with van der Waals surface area (Å²) in [7, 11) is 0. The molecular formula is C24H23N3O3S. The van der Waals surface area contributed by atoms with Crippen LogP contribution in [0.3, 0.4) is 0 Å². The number of hydrogen-bond acceptors (Lipinski definition) is 5. The Kier molecular flexibility index (Phi) is 5.40. The third kappa shape index (κ3) is 4.30. The van der Waals surface area contributed by atoms with Gasteiger partial charge in [-0.25, -0.2) is 9.78 Å². The van der Waals surface area contributed by atoms with Crippen molar-refractivity contribution in [3.05, 3.63) is 82.9 Å². The Morgan fingerprint density at radius 1 is 1.13 bits per heavy atom. The molecule has 0 bridgehead atoms. The third-order valence-corrected chi connectivity index (χ3v) is 6.61. The number of nitrogens with zero attached hydrogens (tertiary/aromatic N) is 2. The number of aromatic nitrogens is 3. The average Bonchev–Trinajstić information content (AvgIpc) is 3.41. The molecule has 0 saturated carbocycles. The first kappa shape index (κ1) is 20.1. The van der Waals surface area contributed by atoms with E-state index >= 15 is 0 Å². The number of benzene rings is 2. The van der Waals surface area contributed by atoms with Crippen molar-refractivity contribution >= 4 is 17.4 Å². The highest BCUT2D eigenvalue weighted by Gasteiger charge is 2.31. The first-order valence-corrected chi connectivity index (χ1v) is 11.2. The second-order valence-electron chi connectivity index (χ2n) is 8.00. The molecule has 158 valence electrons. The molecule has 1 saturated heterocycles. The van der Waals surface area contributed by atoms with Crippen molar-refractivity contribution < 1.29 is 9.78 Å². The summed E-state index contributed by atoms with van der Waals surface area (Å²) in [6.07, 6.45) is 4.06. The summed E-state index contributed by atoms with van der Waals surface area (Å²) in [5.41, 5.74) is 3.05. The van der Waals surface area contributed by atoms with E-state index in [4.69, 9.17) is 9.78 Å². The summed E-state index contributed by atoms with van der Waals surface area (Å²) < 4.78 is 1.42. The van der Waals surface area contributed by atoms with Gasteiger partial charge in [0.25, 0.3) is 5.56 Å². The van der Waals surface area contributed by atoms with Gasteiger partial charge < -0.3 is 4.98 Å². The number of hydrogen-bond donors (Lipinski definition) is 1. The molecule has 4 aromatic rings. The highest BCUT2D eigenvalue weighted by atomic mass is 32.2. The van der Waals surface area contributed by atoms with Gasteiger partial charge in [0.1, 0.15) is 11.2 Å². The van der Waals surface area contributed by atoms with Crippen LogP contribution in [0.25, 0.3) is 16.8 Å². The fraction of sp³-hybridized carbons (Fsp3) is 0.250. The molecule has 0 amide bonds. The van der Waals surface area contributed by atoms with Gasteiger partial charge >= 0.3 is 0 Å². The number of H-pyrrole nitrogens is 1. The van der Waals surface area contributed by atoms with E-state index in [1.165, 1.54) is 9.41 Å². The van der Waals surface area contributed by atoms with Crippen LogP contribution in [0.5, 0.6) is 0 Å². The van der Waals surface area contributed by atoms with Gasteiger partial charge in [-0.3, -0.25) is 4.79 Å². The fourth-order valence-electron chi connectivity index (χ4n) is 3.76. The molecule has 1 aliphatic rings. The minimum atomic E-state index is -0.307. The molecule has 7 heteroatoms. The molecule has 1 aliphatic heterocycles. The van der Waals surface area contributed by atoms with Crippen molar-refractivity contribution in [3.63, 3.8) is 0 Å². The Labute approximate surface area is 184 Å². The second-order valence-corrected chi connectivity index (χ2v) is 9.14. The first-order chi connectivity index (χ1) is 15.1. The number of rotatable bonds is 6. The van der Waals surface area contributed by atoms with Crippen molar-refractivity contribution in [2.75, 3.05) is 6.61 Å². The maximum atomic E-state index is 12.6. The Hall–Kier alpha value is -2.87. The van der Waals surface area contributed by atoms with Crippen LogP contribution in [0.1, 0.15) is 25.5 Å². The van der Waals surface area contributed by atoms with Crippen molar-refractivity contribution in [1.82, 2.24) is 14.6 Å². The molecule has 3 heterocycles. The van der Waals surface area contributed by atoms with Gasteiger partial charge in [-0.05, 0) is 49.6 Å². The Bertz CT molecular complexity index is 1240. The van der Waals surface area contributed by atoms with E-state index < -0.39 is 0 Å². The predicted molar refractivity (Wildman–Crippen MR) is 120 cm³/mol. The molecule has 1 unspecified atom stereocenters. The highest BCUT2D eigenvalue weighted by Crippen LogP contribution is 2.31. The maximum Gasteiger partial charge on any atom is 0.274 e. The quantitative estimate of drug-likeness (QED) is 0.439. The van der Waals surface area contributed by atoms with Crippen LogP contribution in [0.15, 0.2) is 81.4 Å².